The third-order valence-electron chi connectivity index (χ3n) is 2.62. The molecule has 1 aliphatic rings. The topological polar surface area (TPSA) is 40.7 Å². The first kappa shape index (κ1) is 8.75. The van der Waals surface area contributed by atoms with Crippen LogP contribution in [0.15, 0.2) is 0 Å². The molecule has 0 radical (unpaired) electrons. The van der Waals surface area contributed by atoms with Crippen LogP contribution < -0.4 is 5.32 Å². The second kappa shape index (κ2) is 3.92. The summed E-state index contributed by atoms with van der Waals surface area (Å²) in [5.41, 5.74) is 2.70. The van der Waals surface area contributed by atoms with Gasteiger partial charge in [-0.15, -0.1) is 0 Å². The van der Waals surface area contributed by atoms with Gasteiger partial charge in [-0.1, -0.05) is 0 Å². The Morgan fingerprint density at radius 1 is 1.38 bits per heavy atom. The van der Waals surface area contributed by atoms with E-state index < -0.39 is 0 Å². The molecule has 3 heteroatoms. The highest BCUT2D eigenvalue weighted by molar-refractivity contribution is 5.17. The van der Waals surface area contributed by atoms with Gasteiger partial charge < -0.3 is 10.3 Å². The summed E-state index contributed by atoms with van der Waals surface area (Å²) in [7, 11) is 1.98. The van der Waals surface area contributed by atoms with E-state index in [9.17, 15) is 0 Å². The Hall–Kier alpha value is -0.830. The van der Waals surface area contributed by atoms with E-state index in [1.165, 1.54) is 37.1 Å². The molecule has 2 N–H and O–H groups in total. The van der Waals surface area contributed by atoms with E-state index in [4.69, 9.17) is 0 Å². The summed E-state index contributed by atoms with van der Waals surface area (Å²) in [6.45, 7) is 1.01. The molecule has 0 saturated carbocycles. The van der Waals surface area contributed by atoms with Crippen molar-refractivity contribution < 1.29 is 0 Å². The smallest absolute Gasteiger partial charge is 0.107 e. The van der Waals surface area contributed by atoms with E-state index in [1.807, 2.05) is 7.05 Å². The molecule has 0 atom stereocenters. The van der Waals surface area contributed by atoms with E-state index in [0.717, 1.165) is 18.8 Å². The number of nitrogens with one attached hydrogen (secondary N) is 2. The quantitative estimate of drug-likeness (QED) is 0.728. The number of aromatic nitrogens is 2. The van der Waals surface area contributed by atoms with Crippen LogP contribution in [0.25, 0.3) is 0 Å². The molecule has 0 bridgehead atoms. The zero-order valence-corrected chi connectivity index (χ0v) is 8.19. The maximum Gasteiger partial charge on any atom is 0.107 e. The van der Waals surface area contributed by atoms with Gasteiger partial charge in [-0.3, -0.25) is 0 Å². The number of H-pyrrole nitrogens is 1. The van der Waals surface area contributed by atoms with Gasteiger partial charge in [-0.2, -0.15) is 0 Å². The molecule has 1 aromatic heterocycles. The molecular formula is C10H17N3. The monoisotopic (exact) mass is 179 g/mol. The van der Waals surface area contributed by atoms with Crippen LogP contribution in [-0.2, 0) is 19.3 Å². The number of nitrogens with zero attached hydrogens (tertiary/aromatic N) is 1. The number of hydrogen-bond acceptors (Lipinski definition) is 2. The van der Waals surface area contributed by atoms with Crippen molar-refractivity contribution in [2.45, 2.75) is 32.1 Å². The number of rotatable bonds is 3. The summed E-state index contributed by atoms with van der Waals surface area (Å²) >= 11 is 0. The van der Waals surface area contributed by atoms with Crippen LogP contribution >= 0.6 is 0 Å². The van der Waals surface area contributed by atoms with Crippen LogP contribution in [0.4, 0.5) is 0 Å². The predicted molar refractivity (Wildman–Crippen MR) is 52.9 cm³/mol. The Kier molecular flexibility index (Phi) is 2.64. The van der Waals surface area contributed by atoms with Crippen LogP contribution in [0, 0.1) is 0 Å². The molecule has 0 amide bonds. The maximum atomic E-state index is 4.59. The largest absolute Gasteiger partial charge is 0.346 e. The molecule has 0 aliphatic heterocycles. The second-order valence-corrected chi connectivity index (χ2v) is 3.67. The Balaban J connectivity index is 2.07. The number of fused-ring (bicyclic) bond motifs is 1. The highest BCUT2D eigenvalue weighted by atomic mass is 14.9. The first-order chi connectivity index (χ1) is 6.40. The number of aromatic amines is 1. The number of likely N-dealkylation sites (N-methyl/N-ethyl adjacent to an activating group) is 1. The first-order valence-electron chi connectivity index (χ1n) is 5.11. The van der Waals surface area contributed by atoms with Crippen molar-refractivity contribution in [2.24, 2.45) is 0 Å². The molecule has 1 aliphatic carbocycles. The van der Waals surface area contributed by atoms with Gasteiger partial charge in [-0.05, 0) is 32.7 Å². The molecule has 0 unspecified atom stereocenters. The lowest BCUT2D eigenvalue weighted by molar-refractivity contribution is 0.667. The number of imidazole rings is 1. The van der Waals surface area contributed by atoms with E-state index in [0.29, 0.717) is 0 Å². The van der Waals surface area contributed by atoms with E-state index in [1.54, 1.807) is 0 Å². The van der Waals surface area contributed by atoms with Gasteiger partial charge in [0.15, 0.2) is 0 Å². The lowest BCUT2D eigenvalue weighted by atomic mass is 10.0. The number of hydrogen-bond donors (Lipinski definition) is 2. The Morgan fingerprint density at radius 2 is 2.23 bits per heavy atom. The minimum Gasteiger partial charge on any atom is -0.346 e. The van der Waals surface area contributed by atoms with Gasteiger partial charge in [0.2, 0.25) is 0 Å². The van der Waals surface area contributed by atoms with Crippen molar-refractivity contribution in [3.05, 3.63) is 17.2 Å². The van der Waals surface area contributed by atoms with Crippen molar-refractivity contribution in [3.8, 4) is 0 Å². The molecule has 13 heavy (non-hydrogen) atoms. The van der Waals surface area contributed by atoms with Crippen LogP contribution in [0.1, 0.15) is 30.1 Å². The van der Waals surface area contributed by atoms with Gasteiger partial charge in [0.1, 0.15) is 5.82 Å². The normalized spacial score (nSPS) is 15.8. The summed E-state index contributed by atoms with van der Waals surface area (Å²) in [6.07, 6.45) is 6.01. The molecule has 1 aromatic rings. The van der Waals surface area contributed by atoms with Gasteiger partial charge in [0.05, 0.1) is 5.69 Å². The van der Waals surface area contributed by atoms with E-state index in [2.05, 4.69) is 15.3 Å². The summed E-state index contributed by atoms with van der Waals surface area (Å²) in [5.74, 6) is 1.15. The SMILES string of the molecule is CNCCc1nc2c([nH]1)CCCC2. The van der Waals surface area contributed by atoms with Crippen LogP contribution in [-0.4, -0.2) is 23.6 Å². The molecule has 0 fully saturated rings. The average Bonchev–Trinajstić information content (AvgIpc) is 2.57. The summed E-state index contributed by atoms with van der Waals surface area (Å²) in [4.78, 5) is 8.01. The Bertz CT molecular complexity index is 254. The second-order valence-electron chi connectivity index (χ2n) is 3.67. The Morgan fingerprint density at radius 3 is 3.00 bits per heavy atom. The van der Waals surface area contributed by atoms with Crippen LogP contribution in [0.2, 0.25) is 0 Å². The predicted octanol–water partition coefficient (Wildman–Crippen LogP) is 1.05. The minimum atomic E-state index is 1.01. The molecule has 0 spiro atoms. The van der Waals surface area contributed by atoms with Crippen molar-refractivity contribution in [3.63, 3.8) is 0 Å². The fraction of sp³-hybridized carbons (Fsp3) is 0.700. The Labute approximate surface area is 79.0 Å². The fourth-order valence-corrected chi connectivity index (χ4v) is 1.87. The minimum absolute atomic E-state index is 1.01. The van der Waals surface area contributed by atoms with Crippen molar-refractivity contribution in [2.75, 3.05) is 13.6 Å². The van der Waals surface area contributed by atoms with Crippen LogP contribution in [0.3, 0.4) is 0 Å². The van der Waals surface area contributed by atoms with Gasteiger partial charge in [0.25, 0.3) is 0 Å². The molecule has 0 saturated heterocycles. The third kappa shape index (κ3) is 1.91. The van der Waals surface area contributed by atoms with Crippen LogP contribution in [0.5, 0.6) is 0 Å². The van der Waals surface area contributed by atoms with Crippen molar-refractivity contribution in [1.82, 2.24) is 15.3 Å². The van der Waals surface area contributed by atoms with Gasteiger partial charge >= 0.3 is 0 Å². The lowest BCUT2D eigenvalue weighted by Gasteiger charge is -2.07. The standard InChI is InChI=1S/C10H17N3/c1-11-7-6-10-12-8-4-2-3-5-9(8)13-10/h11H,2-7H2,1H3,(H,12,13). The van der Waals surface area contributed by atoms with E-state index >= 15 is 0 Å². The molecular weight excluding hydrogens is 162 g/mol. The zero-order chi connectivity index (χ0) is 9.10. The maximum absolute atomic E-state index is 4.59. The summed E-state index contributed by atoms with van der Waals surface area (Å²) < 4.78 is 0. The molecule has 72 valence electrons. The third-order valence-corrected chi connectivity index (χ3v) is 2.62. The highest BCUT2D eigenvalue weighted by Crippen LogP contribution is 2.18. The molecule has 0 aromatic carbocycles. The molecule has 3 nitrogen and oxygen atoms in total. The summed E-state index contributed by atoms with van der Waals surface area (Å²) in [6, 6.07) is 0. The number of aryl methyl sites for hydroxylation is 2. The van der Waals surface area contributed by atoms with Gasteiger partial charge in [-0.25, -0.2) is 4.98 Å². The van der Waals surface area contributed by atoms with Crippen molar-refractivity contribution in [1.29, 1.82) is 0 Å². The van der Waals surface area contributed by atoms with E-state index in [-0.39, 0.29) is 0 Å². The van der Waals surface area contributed by atoms with Crippen molar-refractivity contribution >= 4 is 0 Å². The molecule has 1 heterocycles. The highest BCUT2D eigenvalue weighted by Gasteiger charge is 2.13. The van der Waals surface area contributed by atoms with Gasteiger partial charge in [0, 0.05) is 18.7 Å². The summed E-state index contributed by atoms with van der Waals surface area (Å²) in [5, 5.41) is 3.14. The first-order valence-corrected chi connectivity index (χ1v) is 5.11. The zero-order valence-electron chi connectivity index (χ0n) is 8.19. The molecule has 2 rings (SSSR count). The average molecular weight is 179 g/mol. The lowest BCUT2D eigenvalue weighted by Crippen LogP contribution is -2.11. The fourth-order valence-electron chi connectivity index (χ4n) is 1.87.